The van der Waals surface area contributed by atoms with Crippen molar-refractivity contribution in [3.05, 3.63) is 229 Å². The van der Waals surface area contributed by atoms with Crippen LogP contribution >= 0.6 is 0 Å². The zero-order valence-electron chi connectivity index (χ0n) is 35.1. The summed E-state index contributed by atoms with van der Waals surface area (Å²) in [6.45, 7) is 2.23. The number of halogens is 2. The number of hydrogen-bond acceptors (Lipinski definition) is 3. The number of alkyl halides is 2. The van der Waals surface area contributed by atoms with Crippen LogP contribution in [-0.2, 0) is 5.92 Å². The molecule has 306 valence electrons. The fraction of sp³-hybridized carbons (Fsp3) is 0.0678. The summed E-state index contributed by atoms with van der Waals surface area (Å²) in [7, 11) is 0. The van der Waals surface area contributed by atoms with Gasteiger partial charge in [-0.1, -0.05) is 189 Å². The molecule has 64 heavy (non-hydrogen) atoms. The molecule has 2 heterocycles. The molecule has 5 heteroatoms. The van der Waals surface area contributed by atoms with Crippen molar-refractivity contribution in [1.82, 2.24) is 15.0 Å². The summed E-state index contributed by atoms with van der Waals surface area (Å²) in [6.07, 6.45) is 7.46. The van der Waals surface area contributed by atoms with E-state index < -0.39 is 5.92 Å². The summed E-state index contributed by atoms with van der Waals surface area (Å²) >= 11 is 0. The van der Waals surface area contributed by atoms with Gasteiger partial charge in [-0.2, -0.15) is 8.78 Å². The van der Waals surface area contributed by atoms with Gasteiger partial charge in [0.25, 0.3) is 5.92 Å². The van der Waals surface area contributed by atoms with E-state index in [2.05, 4.69) is 85.8 Å². The first kappa shape index (κ1) is 39.0. The molecule has 9 aromatic rings. The van der Waals surface area contributed by atoms with E-state index in [1.165, 1.54) is 5.57 Å². The Hall–Kier alpha value is -7.89. The lowest BCUT2D eigenvalue weighted by atomic mass is 9.92. The molecule has 0 fully saturated rings. The zero-order valence-corrected chi connectivity index (χ0v) is 35.1. The molecule has 0 saturated heterocycles. The Kier molecular flexibility index (Phi) is 9.81. The van der Waals surface area contributed by atoms with E-state index in [1.54, 1.807) is 18.2 Å². The predicted octanol–water partition coefficient (Wildman–Crippen LogP) is 15.6. The summed E-state index contributed by atoms with van der Waals surface area (Å²) < 4.78 is 32.2. The first-order valence-electron chi connectivity index (χ1n) is 21.7. The van der Waals surface area contributed by atoms with Crippen LogP contribution in [-0.4, -0.2) is 15.0 Å². The van der Waals surface area contributed by atoms with Gasteiger partial charge in [0.2, 0.25) is 0 Å². The molecule has 0 bridgehead atoms. The van der Waals surface area contributed by atoms with Gasteiger partial charge in [0.1, 0.15) is 0 Å². The number of rotatable bonds is 8. The largest absolute Gasteiger partial charge is 0.299 e. The normalized spacial score (nSPS) is 14.7. The second kappa shape index (κ2) is 16.1. The summed E-state index contributed by atoms with van der Waals surface area (Å²) in [5.41, 5.74) is 15.6. The predicted molar refractivity (Wildman–Crippen MR) is 257 cm³/mol. The first-order chi connectivity index (χ1) is 31.3. The zero-order chi connectivity index (χ0) is 43.2. The molecule has 3 nitrogen and oxygen atoms in total. The van der Waals surface area contributed by atoms with Gasteiger partial charge in [-0.05, 0) is 92.8 Å². The van der Waals surface area contributed by atoms with Crippen molar-refractivity contribution in [3.63, 3.8) is 0 Å². The average molecular weight is 830 g/mol. The van der Waals surface area contributed by atoms with Gasteiger partial charge in [-0.15, -0.1) is 0 Å². The Morgan fingerprint density at radius 1 is 0.406 bits per heavy atom. The third kappa shape index (κ3) is 7.35. The first-order valence-corrected chi connectivity index (χ1v) is 21.7. The maximum Gasteiger partial charge on any atom is 0.299 e. The highest BCUT2D eigenvalue weighted by Gasteiger charge is 2.44. The number of benzene rings is 7. The maximum absolute atomic E-state index is 16.1. The van der Waals surface area contributed by atoms with Crippen molar-refractivity contribution < 1.29 is 8.78 Å². The van der Waals surface area contributed by atoms with Crippen LogP contribution in [0, 0.1) is 5.92 Å². The molecule has 2 aromatic heterocycles. The van der Waals surface area contributed by atoms with E-state index in [-0.39, 0.29) is 11.1 Å². The van der Waals surface area contributed by atoms with Crippen LogP contribution in [0.1, 0.15) is 30.2 Å². The molecule has 0 N–H and O–H groups in total. The number of nitrogens with zero attached hydrogens (tertiary/aromatic N) is 3. The van der Waals surface area contributed by atoms with Gasteiger partial charge in [0, 0.05) is 33.4 Å². The van der Waals surface area contributed by atoms with E-state index in [1.807, 2.05) is 115 Å². The standard InChI is InChI=1S/C59H41F2N3/c1-38-12-11-19-48(32-38)55-36-49(39-13-5-2-6-14-39)35-54(62-55)44-24-20-40(21-25-44)46-28-30-52-50(33-46)51-34-47(29-31-53(51)59(52,60)61)41-22-26-45(27-23-41)58-63-56(42-15-7-3-8-16-42)37-57(64-58)43-17-9-4-10-18-43/h2-31,33-38H,32H2,1H3. The van der Waals surface area contributed by atoms with Gasteiger partial charge < -0.3 is 0 Å². The maximum atomic E-state index is 16.1. The fourth-order valence-electron chi connectivity index (χ4n) is 9.00. The SMILES string of the molecule is CC1C=CC=C(c2cc(-c3ccccc3)cc(-c3ccc(-c4ccc5c(c4)-c4cc(-c6ccc(-c7nc(-c8ccccc8)cc(-c8ccccc8)n7)cc6)ccc4C5(F)F)cc3)n2)C1. The lowest BCUT2D eigenvalue weighted by Gasteiger charge is -2.17. The van der Waals surface area contributed by atoms with Crippen molar-refractivity contribution >= 4 is 5.57 Å². The van der Waals surface area contributed by atoms with Crippen molar-refractivity contribution in [1.29, 1.82) is 0 Å². The molecule has 0 aliphatic heterocycles. The molecular weight excluding hydrogens is 789 g/mol. The van der Waals surface area contributed by atoms with E-state index in [4.69, 9.17) is 15.0 Å². The lowest BCUT2D eigenvalue weighted by molar-refractivity contribution is 0.0480. The Bertz CT molecular complexity index is 3190. The van der Waals surface area contributed by atoms with Crippen LogP contribution in [0.25, 0.3) is 95.2 Å². The summed E-state index contributed by atoms with van der Waals surface area (Å²) in [4.78, 5) is 15.1. The van der Waals surface area contributed by atoms with Crippen LogP contribution in [0.3, 0.4) is 0 Å². The Balaban J connectivity index is 0.905. The summed E-state index contributed by atoms with van der Waals surface area (Å²) in [6, 6.07) is 63.9. The van der Waals surface area contributed by atoms with Gasteiger partial charge in [0.15, 0.2) is 5.82 Å². The van der Waals surface area contributed by atoms with Gasteiger partial charge in [0.05, 0.1) is 22.8 Å². The van der Waals surface area contributed by atoms with E-state index >= 15 is 8.78 Å². The average Bonchev–Trinajstić information content (AvgIpc) is 3.59. The van der Waals surface area contributed by atoms with Gasteiger partial charge in [-0.25, -0.2) is 15.0 Å². The molecule has 0 spiro atoms. The number of hydrogen-bond donors (Lipinski definition) is 0. The quantitative estimate of drug-likeness (QED) is 0.153. The molecule has 0 saturated carbocycles. The molecule has 0 radical (unpaired) electrons. The topological polar surface area (TPSA) is 38.7 Å². The Labute approximate surface area is 371 Å². The van der Waals surface area contributed by atoms with Crippen molar-refractivity contribution in [2.75, 3.05) is 0 Å². The number of pyridine rings is 1. The highest BCUT2D eigenvalue weighted by molar-refractivity contribution is 5.87. The molecular formula is C59H41F2N3. The van der Waals surface area contributed by atoms with Crippen LogP contribution in [0.4, 0.5) is 8.78 Å². The molecule has 0 amide bonds. The summed E-state index contributed by atoms with van der Waals surface area (Å²) in [5, 5.41) is 0. The molecule has 11 rings (SSSR count). The molecule has 2 aliphatic rings. The third-order valence-corrected chi connectivity index (χ3v) is 12.4. The number of aromatic nitrogens is 3. The smallest absolute Gasteiger partial charge is 0.248 e. The monoisotopic (exact) mass is 829 g/mol. The van der Waals surface area contributed by atoms with E-state index in [0.29, 0.717) is 22.9 Å². The highest BCUT2D eigenvalue weighted by atomic mass is 19.3. The van der Waals surface area contributed by atoms with E-state index in [0.717, 1.165) is 84.8 Å². The van der Waals surface area contributed by atoms with Crippen molar-refractivity contribution in [3.8, 4) is 89.7 Å². The minimum absolute atomic E-state index is 0.0214. The molecule has 1 unspecified atom stereocenters. The lowest BCUT2D eigenvalue weighted by Crippen LogP contribution is -2.10. The van der Waals surface area contributed by atoms with Crippen LogP contribution in [0.2, 0.25) is 0 Å². The second-order valence-electron chi connectivity index (χ2n) is 16.7. The Morgan fingerprint density at radius 3 is 1.36 bits per heavy atom. The number of allylic oxidation sites excluding steroid dienone is 4. The van der Waals surface area contributed by atoms with Crippen LogP contribution in [0.15, 0.2) is 212 Å². The summed E-state index contributed by atoms with van der Waals surface area (Å²) in [5.74, 6) is -2.05. The molecule has 7 aromatic carbocycles. The van der Waals surface area contributed by atoms with Gasteiger partial charge >= 0.3 is 0 Å². The Morgan fingerprint density at radius 2 is 0.828 bits per heavy atom. The van der Waals surface area contributed by atoms with Crippen molar-refractivity contribution in [2.24, 2.45) is 5.92 Å². The fourth-order valence-corrected chi connectivity index (χ4v) is 9.00. The second-order valence-corrected chi connectivity index (χ2v) is 16.7. The van der Waals surface area contributed by atoms with Gasteiger partial charge in [-0.3, -0.25) is 0 Å². The van der Waals surface area contributed by atoms with Crippen LogP contribution < -0.4 is 0 Å². The minimum atomic E-state index is -3.11. The third-order valence-electron chi connectivity index (χ3n) is 12.4. The van der Waals surface area contributed by atoms with Crippen LogP contribution in [0.5, 0.6) is 0 Å². The highest BCUT2D eigenvalue weighted by Crippen LogP contribution is 2.53. The number of fused-ring (bicyclic) bond motifs is 3. The van der Waals surface area contributed by atoms with E-state index in [9.17, 15) is 0 Å². The molecule has 2 aliphatic carbocycles. The molecule has 1 atom stereocenters. The van der Waals surface area contributed by atoms with Crippen molar-refractivity contribution in [2.45, 2.75) is 19.3 Å². The minimum Gasteiger partial charge on any atom is -0.248 e.